The molecule has 4 rings (SSSR count). The number of allylic oxidation sites excluding steroid dienone is 1. The van der Waals surface area contributed by atoms with E-state index in [1.807, 2.05) is 13.8 Å². The molecule has 11 nitrogen and oxygen atoms in total. The van der Waals surface area contributed by atoms with Gasteiger partial charge >= 0.3 is 5.97 Å². The number of benzene rings is 1. The van der Waals surface area contributed by atoms with Gasteiger partial charge in [0.05, 0.1) is 44.2 Å². The number of aliphatic hydroxyl groups is 1. The number of aliphatic hydroxyl groups excluding tert-OH is 1. The molecule has 1 aromatic carbocycles. The number of fused-ring (bicyclic) bond motifs is 1. The summed E-state index contributed by atoms with van der Waals surface area (Å²) in [5, 5.41) is 13.3. The van der Waals surface area contributed by atoms with Crippen LogP contribution in [0.3, 0.4) is 0 Å². The predicted molar refractivity (Wildman–Crippen MR) is 168 cm³/mol. The highest BCUT2D eigenvalue weighted by Crippen LogP contribution is 2.59. The van der Waals surface area contributed by atoms with Crippen molar-refractivity contribution >= 4 is 29.4 Å². The fraction of sp³-hybridized carbons (Fsp3) is 0.588. The molecule has 3 fully saturated rings. The Morgan fingerprint density at radius 3 is 2.51 bits per heavy atom. The molecule has 2 bridgehead atoms. The minimum absolute atomic E-state index is 0.120. The summed E-state index contributed by atoms with van der Waals surface area (Å²) in [6.45, 7) is 13.1. The van der Waals surface area contributed by atoms with E-state index in [1.54, 1.807) is 55.4 Å². The van der Waals surface area contributed by atoms with Crippen LogP contribution in [0.25, 0.3) is 0 Å². The summed E-state index contributed by atoms with van der Waals surface area (Å²) in [5.41, 5.74) is -0.675. The fourth-order valence-corrected chi connectivity index (χ4v) is 7.11. The van der Waals surface area contributed by atoms with Gasteiger partial charge in [-0.25, -0.2) is 0 Å². The first-order valence-corrected chi connectivity index (χ1v) is 15.8. The largest absolute Gasteiger partial charge is 0.497 e. The van der Waals surface area contributed by atoms with Crippen molar-refractivity contribution in [1.29, 1.82) is 0 Å². The Morgan fingerprint density at radius 1 is 1.20 bits per heavy atom. The van der Waals surface area contributed by atoms with Crippen molar-refractivity contribution < 1.29 is 38.5 Å². The number of carbonyl (C=O) groups is 4. The maximum absolute atomic E-state index is 14.7. The molecule has 3 aliphatic rings. The van der Waals surface area contributed by atoms with Gasteiger partial charge in [-0.15, -0.1) is 13.2 Å². The lowest BCUT2D eigenvalue weighted by Crippen LogP contribution is -2.59. The number of carbonyl (C=O) groups excluding carboxylic acids is 4. The van der Waals surface area contributed by atoms with E-state index in [-0.39, 0.29) is 43.8 Å². The van der Waals surface area contributed by atoms with Crippen LogP contribution in [0.15, 0.2) is 49.6 Å². The van der Waals surface area contributed by atoms with E-state index in [0.717, 1.165) is 0 Å². The molecule has 45 heavy (non-hydrogen) atoms. The number of anilines is 1. The van der Waals surface area contributed by atoms with Crippen LogP contribution in [0, 0.1) is 17.8 Å². The number of rotatable bonds is 16. The van der Waals surface area contributed by atoms with Gasteiger partial charge in [-0.2, -0.15) is 0 Å². The molecule has 1 aromatic rings. The van der Waals surface area contributed by atoms with E-state index in [9.17, 15) is 24.3 Å². The molecular formula is C34H47N3O8. The Kier molecular flexibility index (Phi) is 11.1. The van der Waals surface area contributed by atoms with Crippen molar-refractivity contribution in [2.24, 2.45) is 17.8 Å². The van der Waals surface area contributed by atoms with Crippen molar-refractivity contribution in [1.82, 2.24) is 10.2 Å². The smallest absolute Gasteiger partial charge is 0.312 e. The van der Waals surface area contributed by atoms with Crippen LogP contribution in [0.1, 0.15) is 52.9 Å². The first-order chi connectivity index (χ1) is 21.5. The molecule has 3 saturated heterocycles. The van der Waals surface area contributed by atoms with E-state index in [4.69, 9.17) is 14.2 Å². The number of likely N-dealkylation sites (tertiary alicyclic amines) is 1. The second-order valence-electron chi connectivity index (χ2n) is 12.6. The molecule has 3 heterocycles. The number of hydrogen-bond acceptors (Lipinski definition) is 8. The number of esters is 1. The molecule has 11 heteroatoms. The van der Waals surface area contributed by atoms with Crippen LogP contribution in [0.4, 0.5) is 5.69 Å². The Bertz CT molecular complexity index is 1270. The summed E-state index contributed by atoms with van der Waals surface area (Å²) in [5.74, 6) is -2.66. The first-order valence-electron chi connectivity index (χ1n) is 15.8. The molecule has 3 amide bonds. The standard InChI is InChI=1S/C34H47N3O8/c1-7-9-10-27(39)35-19-22(5)44-33(42)28-26-15-16-34(45-26)29(28)31(40)37(24(20-38)18-21(3)4)30(34)32(41)36(17-8-2)23-11-13-25(43-6)14-12-23/h7-8,11-14,21-22,24,26,28-30,38H,1-2,9-10,15-20H2,3-6H3,(H,35,39)/t22-,24+,26+,28-,29-,30+,34-/m0/s1. The summed E-state index contributed by atoms with van der Waals surface area (Å²) < 4.78 is 17.6. The number of ether oxygens (including phenoxy) is 3. The number of hydrogen-bond donors (Lipinski definition) is 2. The number of nitrogens with one attached hydrogen (secondary N) is 1. The molecule has 2 N–H and O–H groups in total. The van der Waals surface area contributed by atoms with Crippen molar-refractivity contribution in [3.05, 3.63) is 49.6 Å². The van der Waals surface area contributed by atoms with Gasteiger partial charge in [-0.3, -0.25) is 19.2 Å². The Balaban J connectivity index is 1.66. The quantitative estimate of drug-likeness (QED) is 0.212. The van der Waals surface area contributed by atoms with Gasteiger partial charge in [0.15, 0.2) is 0 Å². The normalized spacial score (nSPS) is 26.3. The van der Waals surface area contributed by atoms with E-state index < -0.39 is 53.6 Å². The SMILES string of the molecule is C=CCCC(=O)NC[C@H](C)OC(=O)[C@@H]1[C@H]2C(=O)N([C@@H](CO)CC(C)C)[C@H](C(=O)N(CC=C)c3ccc(OC)cc3)[C@]23CC[C@H]1O3. The predicted octanol–water partition coefficient (Wildman–Crippen LogP) is 3.01. The monoisotopic (exact) mass is 625 g/mol. The van der Waals surface area contributed by atoms with Crippen LogP contribution in [0.5, 0.6) is 5.75 Å². The lowest BCUT2D eigenvalue weighted by Gasteiger charge is -2.39. The second kappa shape index (κ2) is 14.6. The minimum atomic E-state index is -1.26. The summed E-state index contributed by atoms with van der Waals surface area (Å²) in [6, 6.07) is 5.30. The van der Waals surface area contributed by atoms with Crippen molar-refractivity contribution in [3.63, 3.8) is 0 Å². The average molecular weight is 626 g/mol. The first kappa shape index (κ1) is 34.2. The minimum Gasteiger partial charge on any atom is -0.497 e. The van der Waals surface area contributed by atoms with Crippen LogP contribution >= 0.6 is 0 Å². The van der Waals surface area contributed by atoms with Gasteiger partial charge in [0.25, 0.3) is 5.91 Å². The maximum Gasteiger partial charge on any atom is 0.312 e. The molecular weight excluding hydrogens is 578 g/mol. The summed E-state index contributed by atoms with van der Waals surface area (Å²) in [4.78, 5) is 57.9. The van der Waals surface area contributed by atoms with Crippen molar-refractivity contribution in [2.75, 3.05) is 31.7 Å². The van der Waals surface area contributed by atoms with Gasteiger partial charge in [0, 0.05) is 18.7 Å². The molecule has 3 aliphatic heterocycles. The van der Waals surface area contributed by atoms with Crippen molar-refractivity contribution in [2.45, 2.75) is 82.8 Å². The van der Waals surface area contributed by atoms with E-state index in [0.29, 0.717) is 37.1 Å². The van der Waals surface area contributed by atoms with Crippen LogP contribution in [-0.4, -0.2) is 90.4 Å². The third-order valence-electron chi connectivity index (χ3n) is 9.03. The van der Waals surface area contributed by atoms with Gasteiger partial charge in [-0.05, 0) is 62.8 Å². The second-order valence-corrected chi connectivity index (χ2v) is 12.6. The highest BCUT2D eigenvalue weighted by atomic mass is 16.6. The molecule has 7 atom stereocenters. The Hall–Kier alpha value is -3.70. The highest BCUT2D eigenvalue weighted by molar-refractivity contribution is 6.04. The fourth-order valence-electron chi connectivity index (χ4n) is 7.11. The lowest BCUT2D eigenvalue weighted by molar-refractivity contribution is -0.159. The topological polar surface area (TPSA) is 135 Å². The molecule has 0 unspecified atom stereocenters. The summed E-state index contributed by atoms with van der Waals surface area (Å²) in [7, 11) is 1.56. The lowest BCUT2D eigenvalue weighted by atomic mass is 9.70. The van der Waals surface area contributed by atoms with Crippen molar-refractivity contribution in [3.8, 4) is 5.75 Å². The maximum atomic E-state index is 14.7. The average Bonchev–Trinajstić information content (AvgIpc) is 3.67. The number of amides is 3. The van der Waals surface area contributed by atoms with Crippen LogP contribution in [0.2, 0.25) is 0 Å². The molecule has 246 valence electrons. The molecule has 1 spiro atoms. The Morgan fingerprint density at radius 2 is 1.91 bits per heavy atom. The van der Waals surface area contributed by atoms with E-state index in [2.05, 4.69) is 18.5 Å². The third kappa shape index (κ3) is 6.79. The van der Waals surface area contributed by atoms with Gasteiger partial charge in [0.1, 0.15) is 23.5 Å². The van der Waals surface area contributed by atoms with Gasteiger partial charge < -0.3 is 34.4 Å². The van der Waals surface area contributed by atoms with Crippen LogP contribution < -0.4 is 15.0 Å². The Labute approximate surface area is 265 Å². The van der Waals surface area contributed by atoms with Gasteiger partial charge in [-0.1, -0.05) is 26.0 Å². The molecule has 0 saturated carbocycles. The van der Waals surface area contributed by atoms with Crippen LogP contribution in [-0.2, 0) is 28.7 Å². The van der Waals surface area contributed by atoms with E-state index >= 15 is 0 Å². The zero-order chi connectivity index (χ0) is 32.9. The van der Waals surface area contributed by atoms with Gasteiger partial charge in [0.2, 0.25) is 11.8 Å². The molecule has 0 aliphatic carbocycles. The molecule has 0 radical (unpaired) electrons. The number of methoxy groups -OCH3 is 1. The summed E-state index contributed by atoms with van der Waals surface area (Å²) >= 11 is 0. The summed E-state index contributed by atoms with van der Waals surface area (Å²) in [6.07, 6.45) is 4.20. The highest BCUT2D eigenvalue weighted by Gasteiger charge is 2.75. The third-order valence-corrected chi connectivity index (χ3v) is 9.03. The zero-order valence-electron chi connectivity index (χ0n) is 26.8. The number of nitrogens with zero attached hydrogens (tertiary/aromatic N) is 2. The van der Waals surface area contributed by atoms with E-state index in [1.165, 1.54) is 4.90 Å². The zero-order valence-corrected chi connectivity index (χ0v) is 26.8. The molecule has 0 aromatic heterocycles.